The summed E-state index contributed by atoms with van der Waals surface area (Å²) in [5, 5.41) is 4.61. The molecule has 0 N–H and O–H groups in total. The molecule has 5 heteroatoms. The van der Waals surface area contributed by atoms with Crippen LogP contribution in [0.3, 0.4) is 0 Å². The molecule has 0 aliphatic carbocycles. The van der Waals surface area contributed by atoms with Gasteiger partial charge in [-0.15, -0.1) is 0 Å². The summed E-state index contributed by atoms with van der Waals surface area (Å²) in [6, 6.07) is 8.31. The number of ether oxygens (including phenoxy) is 2. The van der Waals surface area contributed by atoms with Gasteiger partial charge < -0.3 is 14.4 Å². The highest BCUT2D eigenvalue weighted by atomic mass is 16.5. The van der Waals surface area contributed by atoms with Gasteiger partial charge in [0.1, 0.15) is 5.75 Å². The van der Waals surface area contributed by atoms with E-state index in [9.17, 15) is 0 Å². The monoisotopic (exact) mass is 359 g/mol. The average molecular weight is 360 g/mol. The van der Waals surface area contributed by atoms with Gasteiger partial charge in [0.25, 0.3) is 0 Å². The summed E-state index contributed by atoms with van der Waals surface area (Å²) in [6.45, 7) is 9.69. The lowest BCUT2D eigenvalue weighted by molar-refractivity contribution is 0.184. The van der Waals surface area contributed by atoms with Gasteiger partial charge in [0, 0.05) is 24.8 Å². The second-order valence-electron chi connectivity index (χ2n) is 7.02. The molecule has 1 aromatic carbocycles. The normalized spacial score (nSPS) is 11.5. The average Bonchev–Trinajstić information content (AvgIpc) is 3.00. The maximum absolute atomic E-state index is 5.77. The van der Waals surface area contributed by atoms with E-state index in [0.29, 0.717) is 6.61 Å². The van der Waals surface area contributed by atoms with Crippen molar-refractivity contribution in [1.29, 1.82) is 0 Å². The highest BCUT2D eigenvalue weighted by Gasteiger charge is 2.15. The van der Waals surface area contributed by atoms with Crippen LogP contribution in [0.2, 0.25) is 0 Å². The van der Waals surface area contributed by atoms with E-state index in [-0.39, 0.29) is 6.10 Å². The Morgan fingerprint density at radius 3 is 2.54 bits per heavy atom. The number of nitrogens with zero attached hydrogens (tertiary/aromatic N) is 3. The van der Waals surface area contributed by atoms with Crippen molar-refractivity contribution in [3.63, 3.8) is 0 Å². The predicted molar refractivity (Wildman–Crippen MR) is 107 cm³/mol. The van der Waals surface area contributed by atoms with Crippen LogP contribution in [-0.2, 0) is 17.8 Å². The molecule has 0 bridgehead atoms. The van der Waals surface area contributed by atoms with Crippen molar-refractivity contribution in [1.82, 2.24) is 14.7 Å². The van der Waals surface area contributed by atoms with Crippen molar-refractivity contribution in [2.75, 3.05) is 27.3 Å². The van der Waals surface area contributed by atoms with Crippen LogP contribution in [0.5, 0.6) is 5.75 Å². The molecule has 2 rings (SSSR count). The van der Waals surface area contributed by atoms with E-state index in [1.54, 1.807) is 7.11 Å². The summed E-state index contributed by atoms with van der Waals surface area (Å²) >= 11 is 0. The largest absolute Gasteiger partial charge is 0.491 e. The van der Waals surface area contributed by atoms with Gasteiger partial charge in [0.2, 0.25) is 0 Å². The summed E-state index contributed by atoms with van der Waals surface area (Å²) in [6.07, 6.45) is 4.59. The summed E-state index contributed by atoms with van der Waals surface area (Å²) in [7, 11) is 3.90. The van der Waals surface area contributed by atoms with Crippen molar-refractivity contribution < 1.29 is 9.47 Å². The number of rotatable bonds is 11. The summed E-state index contributed by atoms with van der Waals surface area (Å²) < 4.78 is 13.1. The van der Waals surface area contributed by atoms with Crippen LogP contribution in [0.1, 0.15) is 39.2 Å². The molecule has 0 saturated heterocycles. The highest BCUT2D eigenvalue weighted by molar-refractivity contribution is 5.64. The molecule has 0 unspecified atom stereocenters. The van der Waals surface area contributed by atoms with Crippen LogP contribution in [-0.4, -0.2) is 48.1 Å². The molecule has 1 aromatic heterocycles. The topological polar surface area (TPSA) is 39.5 Å². The van der Waals surface area contributed by atoms with Crippen molar-refractivity contribution in [2.45, 2.75) is 52.8 Å². The van der Waals surface area contributed by atoms with Gasteiger partial charge in [0.05, 0.1) is 31.1 Å². The van der Waals surface area contributed by atoms with Crippen molar-refractivity contribution in [3.8, 4) is 17.0 Å². The van der Waals surface area contributed by atoms with Crippen molar-refractivity contribution >= 4 is 0 Å². The van der Waals surface area contributed by atoms with Crippen LogP contribution >= 0.6 is 0 Å². The highest BCUT2D eigenvalue weighted by Crippen LogP contribution is 2.27. The van der Waals surface area contributed by atoms with E-state index < -0.39 is 0 Å². The first-order valence-corrected chi connectivity index (χ1v) is 9.54. The van der Waals surface area contributed by atoms with E-state index in [1.165, 1.54) is 24.1 Å². The Kier molecular flexibility index (Phi) is 8.13. The lowest BCUT2D eigenvalue weighted by Crippen LogP contribution is -2.19. The SMILES string of the molecule is CCCCN(C)Cc1cnn(CCOC)c1-c1ccc(OC(C)C)cc1. The zero-order chi connectivity index (χ0) is 18.9. The summed E-state index contributed by atoms with van der Waals surface area (Å²) in [4.78, 5) is 2.36. The van der Waals surface area contributed by atoms with Gasteiger partial charge >= 0.3 is 0 Å². The molecular formula is C21H33N3O2. The van der Waals surface area contributed by atoms with Gasteiger partial charge in [-0.3, -0.25) is 4.68 Å². The third-order valence-corrected chi connectivity index (χ3v) is 4.26. The van der Waals surface area contributed by atoms with Gasteiger partial charge in [-0.25, -0.2) is 0 Å². The first-order valence-electron chi connectivity index (χ1n) is 9.54. The Balaban J connectivity index is 2.26. The Morgan fingerprint density at radius 2 is 1.92 bits per heavy atom. The molecule has 26 heavy (non-hydrogen) atoms. The van der Waals surface area contributed by atoms with Crippen LogP contribution < -0.4 is 4.74 Å². The van der Waals surface area contributed by atoms with E-state index in [2.05, 4.69) is 36.1 Å². The van der Waals surface area contributed by atoms with Crippen molar-refractivity contribution in [2.24, 2.45) is 0 Å². The molecule has 5 nitrogen and oxygen atoms in total. The number of hydrogen-bond donors (Lipinski definition) is 0. The standard InChI is InChI=1S/C21H33N3O2/c1-6-7-12-23(4)16-19-15-22-24(13-14-25-5)21(19)18-8-10-20(11-9-18)26-17(2)3/h8-11,15,17H,6-7,12-14,16H2,1-5H3. The van der Waals surface area contributed by atoms with Crippen LogP contribution in [0.25, 0.3) is 11.3 Å². The minimum atomic E-state index is 0.177. The smallest absolute Gasteiger partial charge is 0.119 e. The third-order valence-electron chi connectivity index (χ3n) is 4.26. The van der Waals surface area contributed by atoms with E-state index in [4.69, 9.17) is 9.47 Å². The zero-order valence-corrected chi connectivity index (χ0v) is 16.9. The Morgan fingerprint density at radius 1 is 1.19 bits per heavy atom. The van der Waals surface area contributed by atoms with Gasteiger partial charge in [0.15, 0.2) is 0 Å². The molecule has 0 amide bonds. The van der Waals surface area contributed by atoms with Gasteiger partial charge in [-0.2, -0.15) is 5.10 Å². The maximum atomic E-state index is 5.77. The second-order valence-corrected chi connectivity index (χ2v) is 7.02. The molecule has 0 atom stereocenters. The molecule has 0 aliphatic rings. The quantitative estimate of drug-likeness (QED) is 0.602. The number of aromatic nitrogens is 2. The molecular weight excluding hydrogens is 326 g/mol. The third kappa shape index (κ3) is 5.85. The Hall–Kier alpha value is -1.85. The minimum absolute atomic E-state index is 0.177. The summed E-state index contributed by atoms with van der Waals surface area (Å²) in [5.41, 5.74) is 3.58. The minimum Gasteiger partial charge on any atom is -0.491 e. The van der Waals surface area contributed by atoms with Crippen molar-refractivity contribution in [3.05, 3.63) is 36.0 Å². The first kappa shape index (κ1) is 20.5. The lowest BCUT2D eigenvalue weighted by atomic mass is 10.1. The fourth-order valence-electron chi connectivity index (χ4n) is 2.98. The maximum Gasteiger partial charge on any atom is 0.119 e. The molecule has 144 valence electrons. The zero-order valence-electron chi connectivity index (χ0n) is 16.9. The fourth-order valence-corrected chi connectivity index (χ4v) is 2.98. The van der Waals surface area contributed by atoms with Gasteiger partial charge in [-0.05, 0) is 58.1 Å². The molecule has 0 spiro atoms. The van der Waals surface area contributed by atoms with E-state index in [1.807, 2.05) is 36.9 Å². The van der Waals surface area contributed by atoms with Crippen LogP contribution in [0.4, 0.5) is 0 Å². The van der Waals surface area contributed by atoms with E-state index >= 15 is 0 Å². The molecule has 0 radical (unpaired) electrons. The fraction of sp³-hybridized carbons (Fsp3) is 0.571. The molecule has 1 heterocycles. The van der Waals surface area contributed by atoms with E-state index in [0.717, 1.165) is 30.9 Å². The van der Waals surface area contributed by atoms with Crippen LogP contribution in [0.15, 0.2) is 30.5 Å². The second kappa shape index (κ2) is 10.3. The molecule has 0 fully saturated rings. The van der Waals surface area contributed by atoms with Crippen LogP contribution in [0, 0.1) is 0 Å². The number of benzene rings is 1. The number of hydrogen-bond acceptors (Lipinski definition) is 4. The molecule has 0 saturated carbocycles. The first-order chi connectivity index (χ1) is 12.5. The summed E-state index contributed by atoms with van der Waals surface area (Å²) in [5.74, 6) is 0.897. The Bertz CT molecular complexity index is 650. The Labute approximate surface area is 157 Å². The molecule has 0 aliphatic heterocycles. The molecule has 2 aromatic rings. The number of unbranched alkanes of at least 4 members (excludes halogenated alkanes) is 1. The predicted octanol–water partition coefficient (Wildman–Crippen LogP) is 4.22. The number of methoxy groups -OCH3 is 1. The lowest BCUT2D eigenvalue weighted by Gasteiger charge is -2.17. The van der Waals surface area contributed by atoms with Gasteiger partial charge in [-0.1, -0.05) is 13.3 Å².